The van der Waals surface area contributed by atoms with Crippen LogP contribution in [0.4, 0.5) is 5.69 Å². The largest absolute Gasteiger partial charge is 0.325 e. The number of thioether (sulfide) groups is 1. The predicted octanol–water partition coefficient (Wildman–Crippen LogP) is 2.71. The fraction of sp³-hybridized carbons (Fsp3) is 0.500. The molecule has 5 heteroatoms. The highest BCUT2D eigenvalue weighted by atomic mass is 32.2. The Bertz CT molecular complexity index is 526. The van der Waals surface area contributed by atoms with Crippen molar-refractivity contribution in [1.82, 2.24) is 4.90 Å². The molecule has 1 saturated heterocycles. The minimum absolute atomic E-state index is 0.0169. The summed E-state index contributed by atoms with van der Waals surface area (Å²) in [5.74, 6) is 2.35. The molecule has 0 radical (unpaired) electrons. The number of carbonyl (C=O) groups excluding carboxylic acids is 1. The highest BCUT2D eigenvalue weighted by Crippen LogP contribution is 2.17. The molecule has 1 heterocycles. The minimum atomic E-state index is -0.0169. The Kier molecular flexibility index (Phi) is 6.09. The van der Waals surface area contributed by atoms with E-state index in [4.69, 9.17) is 5.26 Å². The number of nitrogens with zero attached hydrogens (tertiary/aromatic N) is 2. The van der Waals surface area contributed by atoms with Crippen LogP contribution >= 0.6 is 11.8 Å². The fourth-order valence-corrected chi connectivity index (χ4v) is 3.52. The van der Waals surface area contributed by atoms with E-state index in [1.807, 2.05) is 17.8 Å². The van der Waals surface area contributed by atoms with Gasteiger partial charge in [0, 0.05) is 30.5 Å². The molecule has 1 fully saturated rings. The number of nitriles is 1. The van der Waals surface area contributed by atoms with Gasteiger partial charge < -0.3 is 5.32 Å². The molecular formula is C16H21N3OS. The summed E-state index contributed by atoms with van der Waals surface area (Å²) in [4.78, 5) is 14.4. The van der Waals surface area contributed by atoms with Gasteiger partial charge in [-0.05, 0) is 32.0 Å². The van der Waals surface area contributed by atoms with Gasteiger partial charge in [0.25, 0.3) is 0 Å². The van der Waals surface area contributed by atoms with Crippen LogP contribution in [0.15, 0.2) is 24.3 Å². The van der Waals surface area contributed by atoms with Crippen LogP contribution in [0.25, 0.3) is 0 Å². The number of carbonyl (C=O) groups is 1. The van der Waals surface area contributed by atoms with E-state index in [1.54, 1.807) is 18.2 Å². The lowest BCUT2D eigenvalue weighted by molar-refractivity contribution is -0.116. The molecule has 0 spiro atoms. The molecule has 2 rings (SSSR count). The summed E-state index contributed by atoms with van der Waals surface area (Å²) in [6.45, 7) is 4.33. The summed E-state index contributed by atoms with van der Waals surface area (Å²) in [7, 11) is 0. The van der Waals surface area contributed by atoms with Crippen LogP contribution in [0, 0.1) is 11.3 Å². The van der Waals surface area contributed by atoms with Crippen LogP contribution in [-0.4, -0.2) is 41.4 Å². The lowest BCUT2D eigenvalue weighted by Gasteiger charge is -2.32. The Labute approximate surface area is 130 Å². The third kappa shape index (κ3) is 4.76. The molecule has 0 aromatic heterocycles. The number of hydrogen-bond donors (Lipinski definition) is 1. The maximum Gasteiger partial charge on any atom is 0.224 e. The van der Waals surface area contributed by atoms with Gasteiger partial charge in [0.1, 0.15) is 6.07 Å². The van der Waals surface area contributed by atoms with E-state index in [2.05, 4.69) is 23.2 Å². The third-order valence-corrected chi connectivity index (χ3v) is 4.87. The number of amides is 1. The van der Waals surface area contributed by atoms with Crippen LogP contribution in [0.1, 0.15) is 25.3 Å². The highest BCUT2D eigenvalue weighted by Gasteiger charge is 2.18. The van der Waals surface area contributed by atoms with Crippen LogP contribution in [0.2, 0.25) is 0 Å². The third-order valence-electron chi connectivity index (χ3n) is 3.68. The second-order valence-corrected chi connectivity index (χ2v) is 6.42. The lowest BCUT2D eigenvalue weighted by Crippen LogP contribution is -2.41. The number of hydrogen-bond acceptors (Lipinski definition) is 4. The first kappa shape index (κ1) is 15.9. The summed E-state index contributed by atoms with van der Waals surface area (Å²) in [6, 6.07) is 9.79. The minimum Gasteiger partial charge on any atom is -0.325 e. The summed E-state index contributed by atoms with van der Waals surface area (Å²) in [5, 5.41) is 11.8. The van der Waals surface area contributed by atoms with E-state index >= 15 is 0 Å². The number of anilines is 1. The fourth-order valence-electron chi connectivity index (χ4n) is 2.44. The molecule has 1 aliphatic heterocycles. The van der Waals surface area contributed by atoms with Crippen molar-refractivity contribution in [2.75, 3.05) is 29.9 Å². The van der Waals surface area contributed by atoms with Crippen molar-refractivity contribution in [1.29, 1.82) is 5.26 Å². The van der Waals surface area contributed by atoms with Crippen molar-refractivity contribution in [2.24, 2.45) is 0 Å². The molecule has 1 aliphatic rings. The Balaban J connectivity index is 1.76. The molecule has 1 aromatic carbocycles. The predicted molar refractivity (Wildman–Crippen MR) is 87.4 cm³/mol. The van der Waals surface area contributed by atoms with Gasteiger partial charge in [-0.3, -0.25) is 9.69 Å². The SMILES string of the molecule is CC1CSCCN1CCCC(=O)Nc1ccccc1C#N. The maximum absolute atomic E-state index is 12.0. The molecule has 1 unspecified atom stereocenters. The second kappa shape index (κ2) is 8.06. The Morgan fingerprint density at radius 3 is 3.10 bits per heavy atom. The molecule has 21 heavy (non-hydrogen) atoms. The zero-order chi connectivity index (χ0) is 15.1. The molecule has 0 saturated carbocycles. The van der Waals surface area contributed by atoms with Crippen molar-refractivity contribution in [3.63, 3.8) is 0 Å². The molecule has 0 aliphatic carbocycles. The van der Waals surface area contributed by atoms with E-state index in [-0.39, 0.29) is 5.91 Å². The number of nitrogens with one attached hydrogen (secondary N) is 1. The lowest BCUT2D eigenvalue weighted by atomic mass is 10.2. The first-order valence-electron chi connectivity index (χ1n) is 7.31. The van der Waals surface area contributed by atoms with Crippen molar-refractivity contribution in [2.45, 2.75) is 25.8 Å². The molecular weight excluding hydrogens is 282 g/mol. The molecule has 1 N–H and O–H groups in total. The maximum atomic E-state index is 12.0. The summed E-state index contributed by atoms with van der Waals surface area (Å²) >= 11 is 2.00. The van der Waals surface area contributed by atoms with E-state index in [0.717, 1.165) is 19.5 Å². The van der Waals surface area contributed by atoms with Crippen molar-refractivity contribution in [3.05, 3.63) is 29.8 Å². The highest BCUT2D eigenvalue weighted by molar-refractivity contribution is 7.99. The van der Waals surface area contributed by atoms with E-state index < -0.39 is 0 Å². The molecule has 1 atom stereocenters. The van der Waals surface area contributed by atoms with Gasteiger partial charge >= 0.3 is 0 Å². The molecule has 1 aromatic rings. The van der Waals surface area contributed by atoms with Crippen molar-refractivity contribution < 1.29 is 4.79 Å². The average Bonchev–Trinajstić information content (AvgIpc) is 2.50. The summed E-state index contributed by atoms with van der Waals surface area (Å²) in [5.41, 5.74) is 1.11. The van der Waals surface area contributed by atoms with E-state index in [1.165, 1.54) is 11.5 Å². The van der Waals surface area contributed by atoms with Gasteiger partial charge in [0.15, 0.2) is 0 Å². The monoisotopic (exact) mass is 303 g/mol. The van der Waals surface area contributed by atoms with Gasteiger partial charge in [0.05, 0.1) is 11.3 Å². The second-order valence-electron chi connectivity index (χ2n) is 5.27. The molecule has 1 amide bonds. The average molecular weight is 303 g/mol. The smallest absolute Gasteiger partial charge is 0.224 e. The van der Waals surface area contributed by atoms with Crippen LogP contribution in [0.3, 0.4) is 0 Å². The number of benzene rings is 1. The van der Waals surface area contributed by atoms with Crippen molar-refractivity contribution in [3.8, 4) is 6.07 Å². The molecule has 4 nitrogen and oxygen atoms in total. The van der Waals surface area contributed by atoms with Crippen LogP contribution < -0.4 is 5.32 Å². The standard InChI is InChI=1S/C16H21N3OS/c1-13-12-21-10-9-19(13)8-4-7-16(20)18-15-6-3-2-5-14(15)11-17/h2-3,5-6,13H,4,7-10,12H2,1H3,(H,18,20). The first-order chi connectivity index (χ1) is 10.2. The van der Waals surface area contributed by atoms with Gasteiger partial charge in [-0.15, -0.1) is 0 Å². The van der Waals surface area contributed by atoms with Crippen LogP contribution in [0.5, 0.6) is 0 Å². The zero-order valence-corrected chi connectivity index (χ0v) is 13.2. The number of para-hydroxylation sites is 1. The Morgan fingerprint density at radius 2 is 2.33 bits per heavy atom. The van der Waals surface area contributed by atoms with Crippen LogP contribution in [-0.2, 0) is 4.79 Å². The first-order valence-corrected chi connectivity index (χ1v) is 8.47. The summed E-state index contributed by atoms with van der Waals surface area (Å²) < 4.78 is 0. The zero-order valence-electron chi connectivity index (χ0n) is 12.3. The Hall–Kier alpha value is -1.51. The van der Waals surface area contributed by atoms with Gasteiger partial charge in [-0.25, -0.2) is 0 Å². The van der Waals surface area contributed by atoms with E-state index in [9.17, 15) is 4.79 Å². The number of rotatable bonds is 5. The molecule has 112 valence electrons. The molecule has 0 bridgehead atoms. The van der Waals surface area contributed by atoms with Gasteiger partial charge in [0.2, 0.25) is 5.91 Å². The Morgan fingerprint density at radius 1 is 1.52 bits per heavy atom. The quantitative estimate of drug-likeness (QED) is 0.908. The van der Waals surface area contributed by atoms with Crippen molar-refractivity contribution >= 4 is 23.4 Å². The van der Waals surface area contributed by atoms with Gasteiger partial charge in [-0.2, -0.15) is 17.0 Å². The van der Waals surface area contributed by atoms with E-state index in [0.29, 0.717) is 23.7 Å². The van der Waals surface area contributed by atoms with Gasteiger partial charge in [-0.1, -0.05) is 12.1 Å². The summed E-state index contributed by atoms with van der Waals surface area (Å²) in [6.07, 6.45) is 1.35. The topological polar surface area (TPSA) is 56.1 Å². The normalized spacial score (nSPS) is 19.0.